The van der Waals surface area contributed by atoms with Crippen molar-refractivity contribution < 1.29 is 27.4 Å². The molecule has 10 heteroatoms. The van der Waals surface area contributed by atoms with Crippen molar-refractivity contribution in [1.82, 2.24) is 14.7 Å². The molecule has 1 amide bonds. The Morgan fingerprint density at radius 3 is 2.46 bits per heavy atom. The quantitative estimate of drug-likeness (QED) is 0.528. The van der Waals surface area contributed by atoms with Crippen molar-refractivity contribution in [2.45, 2.75) is 32.0 Å². The molecule has 1 saturated heterocycles. The van der Waals surface area contributed by atoms with E-state index in [0.29, 0.717) is 30.9 Å². The molecule has 35 heavy (non-hydrogen) atoms. The van der Waals surface area contributed by atoms with Gasteiger partial charge in [-0.1, -0.05) is 18.2 Å². The smallest absolute Gasteiger partial charge is 0.418 e. The second-order valence-electron chi connectivity index (χ2n) is 8.20. The second kappa shape index (κ2) is 9.44. The van der Waals surface area contributed by atoms with Gasteiger partial charge in [0.1, 0.15) is 0 Å². The molecule has 2 heterocycles. The Kier molecular flexibility index (Phi) is 6.56. The second-order valence-corrected chi connectivity index (χ2v) is 8.20. The van der Waals surface area contributed by atoms with Gasteiger partial charge in [0.15, 0.2) is 17.2 Å². The van der Waals surface area contributed by atoms with E-state index in [-0.39, 0.29) is 17.4 Å². The Labute approximate surface area is 199 Å². The van der Waals surface area contributed by atoms with E-state index in [1.807, 2.05) is 6.07 Å². The van der Waals surface area contributed by atoms with Crippen molar-refractivity contribution in [2.24, 2.45) is 0 Å². The van der Waals surface area contributed by atoms with Crippen molar-refractivity contribution in [2.75, 3.05) is 20.8 Å². The number of halogens is 3. The minimum absolute atomic E-state index is 0.182. The first kappa shape index (κ1) is 24.3. The van der Waals surface area contributed by atoms with Crippen molar-refractivity contribution in [1.29, 1.82) is 0 Å². The molecule has 0 N–H and O–H groups in total. The Balaban J connectivity index is 1.75. The lowest BCUT2D eigenvalue weighted by Crippen LogP contribution is -2.36. The van der Waals surface area contributed by atoms with Crippen LogP contribution in [0.15, 0.2) is 53.3 Å². The number of hydrogen-bond donors (Lipinski definition) is 0. The van der Waals surface area contributed by atoms with Crippen molar-refractivity contribution in [3.05, 3.63) is 81.3 Å². The maximum atomic E-state index is 13.6. The molecular weight excluding hydrogens is 463 g/mol. The number of carbonyl (C=O) groups is 1. The molecule has 1 aromatic heterocycles. The number of likely N-dealkylation sites (tertiary alicyclic amines) is 1. The highest BCUT2D eigenvalue weighted by Gasteiger charge is 2.36. The third-order valence-electron chi connectivity index (χ3n) is 6.05. The first-order valence-corrected chi connectivity index (χ1v) is 11.0. The van der Waals surface area contributed by atoms with Crippen molar-refractivity contribution in [3.63, 3.8) is 0 Å². The molecule has 1 atom stereocenters. The van der Waals surface area contributed by atoms with Crippen LogP contribution in [0, 0.1) is 6.92 Å². The van der Waals surface area contributed by atoms with Crippen molar-refractivity contribution >= 4 is 5.91 Å². The number of aryl methyl sites for hydroxylation is 1. The lowest BCUT2D eigenvalue weighted by molar-refractivity contribution is -0.137. The summed E-state index contributed by atoms with van der Waals surface area (Å²) in [6.45, 7) is 1.85. The summed E-state index contributed by atoms with van der Waals surface area (Å²) in [5.41, 5.74) is -1.28. The van der Waals surface area contributed by atoms with Crippen LogP contribution in [0.4, 0.5) is 13.2 Å². The highest BCUT2D eigenvalue weighted by atomic mass is 19.4. The molecule has 7 nitrogen and oxygen atoms in total. The maximum absolute atomic E-state index is 13.6. The number of methoxy groups -OCH3 is 2. The standard InChI is InChI=1S/C25H24F3N3O4/c1-15-13-20(32)23(29-31(15)19-8-5-4-7-17(19)25(26,27)28)24(33)30-12-6-9-18(30)16-10-11-21(34-2)22(14-16)35-3/h4-5,7-8,10-11,13-14,18H,6,9,12H2,1-3H3. The van der Waals surface area contributed by atoms with Gasteiger partial charge < -0.3 is 14.4 Å². The molecule has 2 aromatic carbocycles. The van der Waals surface area contributed by atoms with Crippen LogP contribution in [0.5, 0.6) is 11.5 Å². The Bertz CT molecular complexity index is 1320. The minimum Gasteiger partial charge on any atom is -0.493 e. The van der Waals surface area contributed by atoms with Gasteiger partial charge in [-0.15, -0.1) is 0 Å². The van der Waals surface area contributed by atoms with Gasteiger partial charge in [-0.05, 0) is 49.6 Å². The van der Waals surface area contributed by atoms with Gasteiger partial charge in [0.05, 0.1) is 31.5 Å². The van der Waals surface area contributed by atoms with Crippen molar-refractivity contribution in [3.8, 4) is 17.2 Å². The van der Waals surface area contributed by atoms with E-state index in [1.165, 1.54) is 44.2 Å². The number of para-hydroxylation sites is 1. The monoisotopic (exact) mass is 487 g/mol. The topological polar surface area (TPSA) is 73.7 Å². The molecule has 0 bridgehead atoms. The van der Waals surface area contributed by atoms with Gasteiger partial charge in [-0.25, -0.2) is 4.68 Å². The molecule has 1 fully saturated rings. The summed E-state index contributed by atoms with van der Waals surface area (Å²) in [5, 5.41) is 4.12. The summed E-state index contributed by atoms with van der Waals surface area (Å²) in [6, 6.07) is 11.0. The van der Waals surface area contributed by atoms with Gasteiger partial charge in [0, 0.05) is 18.3 Å². The van der Waals surface area contributed by atoms with Gasteiger partial charge in [-0.3, -0.25) is 9.59 Å². The van der Waals surface area contributed by atoms with Gasteiger partial charge in [0.25, 0.3) is 5.91 Å². The number of alkyl halides is 3. The van der Waals surface area contributed by atoms with Gasteiger partial charge in [-0.2, -0.15) is 18.3 Å². The number of rotatable bonds is 5. The Hall–Kier alpha value is -3.82. The van der Waals surface area contributed by atoms with E-state index < -0.39 is 28.8 Å². The third kappa shape index (κ3) is 4.60. The number of aromatic nitrogens is 2. The molecule has 0 radical (unpaired) electrons. The molecule has 184 valence electrons. The number of ether oxygens (including phenoxy) is 2. The van der Waals surface area contributed by atoms with Crippen LogP contribution in [0.25, 0.3) is 5.69 Å². The van der Waals surface area contributed by atoms with E-state index >= 15 is 0 Å². The van der Waals surface area contributed by atoms with E-state index in [1.54, 1.807) is 12.1 Å². The summed E-state index contributed by atoms with van der Waals surface area (Å²) in [7, 11) is 3.03. The minimum atomic E-state index is -4.63. The fraction of sp³-hybridized carbons (Fsp3) is 0.320. The summed E-state index contributed by atoms with van der Waals surface area (Å²) >= 11 is 0. The number of hydrogen-bond acceptors (Lipinski definition) is 5. The van der Waals surface area contributed by atoms with Crippen LogP contribution in [0.3, 0.4) is 0 Å². The predicted octanol–water partition coefficient (Wildman–Crippen LogP) is 4.55. The van der Waals surface area contributed by atoms with E-state index in [9.17, 15) is 22.8 Å². The SMILES string of the molecule is COc1ccc(C2CCCN2C(=O)c2nn(-c3ccccc3C(F)(F)F)c(C)cc2=O)cc1OC. The first-order valence-electron chi connectivity index (χ1n) is 11.0. The molecule has 3 aromatic rings. The van der Waals surface area contributed by atoms with Crippen LogP contribution in [-0.2, 0) is 6.18 Å². The molecule has 1 unspecified atom stereocenters. The zero-order valence-electron chi connectivity index (χ0n) is 19.4. The van der Waals surface area contributed by atoms with Gasteiger partial charge >= 0.3 is 6.18 Å². The number of benzene rings is 2. The Morgan fingerprint density at radius 1 is 1.06 bits per heavy atom. The predicted molar refractivity (Wildman–Crippen MR) is 122 cm³/mol. The molecule has 1 aliphatic heterocycles. The summed E-state index contributed by atoms with van der Waals surface area (Å²) in [4.78, 5) is 27.8. The lowest BCUT2D eigenvalue weighted by Gasteiger charge is -2.25. The number of nitrogens with zero attached hydrogens (tertiary/aromatic N) is 3. The molecule has 0 spiro atoms. The van der Waals surface area contributed by atoms with Crippen LogP contribution in [-0.4, -0.2) is 41.4 Å². The zero-order chi connectivity index (χ0) is 25.3. The van der Waals surface area contributed by atoms with E-state index in [0.717, 1.165) is 22.4 Å². The maximum Gasteiger partial charge on any atom is 0.418 e. The Morgan fingerprint density at radius 2 is 1.77 bits per heavy atom. The van der Waals surface area contributed by atoms with Crippen LogP contribution in [0.2, 0.25) is 0 Å². The van der Waals surface area contributed by atoms with Crippen LogP contribution in [0.1, 0.15) is 46.2 Å². The van der Waals surface area contributed by atoms with E-state index in [4.69, 9.17) is 9.47 Å². The largest absolute Gasteiger partial charge is 0.493 e. The normalized spacial score (nSPS) is 15.8. The fourth-order valence-electron chi connectivity index (χ4n) is 4.39. The third-order valence-corrected chi connectivity index (χ3v) is 6.05. The molecule has 0 aliphatic carbocycles. The number of carbonyl (C=O) groups excluding carboxylic acids is 1. The average molecular weight is 487 g/mol. The first-order chi connectivity index (χ1) is 16.7. The molecule has 4 rings (SSSR count). The highest BCUT2D eigenvalue weighted by Crippen LogP contribution is 2.37. The van der Waals surface area contributed by atoms with Crippen LogP contribution >= 0.6 is 0 Å². The highest BCUT2D eigenvalue weighted by molar-refractivity contribution is 5.92. The lowest BCUT2D eigenvalue weighted by atomic mass is 10.0. The average Bonchev–Trinajstić information content (AvgIpc) is 3.33. The van der Waals surface area contributed by atoms with Crippen LogP contribution < -0.4 is 14.9 Å². The van der Waals surface area contributed by atoms with E-state index in [2.05, 4.69) is 5.10 Å². The molecular formula is C25H24F3N3O4. The zero-order valence-corrected chi connectivity index (χ0v) is 19.4. The number of amides is 1. The van der Waals surface area contributed by atoms with Gasteiger partial charge in [0.2, 0.25) is 5.43 Å². The molecule has 1 aliphatic rings. The summed E-state index contributed by atoms with van der Waals surface area (Å²) < 4.78 is 52.5. The summed E-state index contributed by atoms with van der Waals surface area (Å²) in [6.07, 6.45) is -3.29. The summed E-state index contributed by atoms with van der Waals surface area (Å²) in [5.74, 6) is 0.410. The fourth-order valence-corrected chi connectivity index (χ4v) is 4.39. The molecule has 0 saturated carbocycles.